The number of hydrogen-bond acceptors (Lipinski definition) is 5. The number of imidazole rings is 1. The van der Waals surface area contributed by atoms with Gasteiger partial charge in [0.2, 0.25) is 5.88 Å². The van der Waals surface area contributed by atoms with E-state index in [-0.39, 0.29) is 12.0 Å². The molecule has 0 saturated heterocycles. The number of alkyl halides is 1. The van der Waals surface area contributed by atoms with E-state index in [2.05, 4.69) is 42.7 Å². The van der Waals surface area contributed by atoms with Crippen molar-refractivity contribution in [3.8, 4) is 5.88 Å². The predicted molar refractivity (Wildman–Crippen MR) is 139 cm³/mol. The monoisotopic (exact) mass is 570 g/mol. The molecule has 0 aliphatic heterocycles. The summed E-state index contributed by atoms with van der Waals surface area (Å²) < 4.78 is 11.3. The SMILES string of the molecule is O=C(Nc1cnc2cccnn12)c1ccc2nn(C3CCC(CCI)CC3)c(OC3CC3)c2c1. The summed E-state index contributed by atoms with van der Waals surface area (Å²) >= 11 is 2.48. The van der Waals surface area contributed by atoms with Crippen LogP contribution in [0.2, 0.25) is 0 Å². The minimum atomic E-state index is -0.209. The number of amides is 1. The van der Waals surface area contributed by atoms with Crippen LogP contribution in [0.5, 0.6) is 5.88 Å². The van der Waals surface area contributed by atoms with E-state index in [1.165, 1.54) is 23.7 Å². The van der Waals surface area contributed by atoms with Crippen LogP contribution >= 0.6 is 22.6 Å². The summed E-state index contributed by atoms with van der Waals surface area (Å²) in [6.45, 7) is 0. The lowest BCUT2D eigenvalue weighted by molar-refractivity contribution is 0.102. The van der Waals surface area contributed by atoms with Crippen molar-refractivity contribution in [2.45, 2.75) is 57.1 Å². The third kappa shape index (κ3) is 4.25. The van der Waals surface area contributed by atoms with Gasteiger partial charge in [-0.3, -0.25) is 4.79 Å². The maximum absolute atomic E-state index is 13.1. The van der Waals surface area contributed by atoms with E-state index in [0.717, 1.165) is 48.4 Å². The lowest BCUT2D eigenvalue weighted by atomic mass is 9.84. The van der Waals surface area contributed by atoms with Crippen LogP contribution in [0.1, 0.15) is 61.3 Å². The fraction of sp³-hybridized carbons (Fsp3) is 0.440. The van der Waals surface area contributed by atoms with E-state index in [9.17, 15) is 4.79 Å². The molecule has 2 aliphatic carbocycles. The first-order valence-corrected chi connectivity index (χ1v) is 13.6. The van der Waals surface area contributed by atoms with Crippen LogP contribution in [0.3, 0.4) is 0 Å². The molecule has 1 amide bonds. The van der Waals surface area contributed by atoms with E-state index < -0.39 is 0 Å². The summed E-state index contributed by atoms with van der Waals surface area (Å²) in [5, 5.41) is 13.1. The molecule has 3 aromatic heterocycles. The number of rotatable bonds is 7. The summed E-state index contributed by atoms with van der Waals surface area (Å²) in [6.07, 6.45) is 11.8. The van der Waals surface area contributed by atoms with E-state index in [1.54, 1.807) is 16.9 Å². The average Bonchev–Trinajstić information content (AvgIpc) is 3.49. The standard InChI is InChI=1S/C25H27IN6O2/c26-12-11-16-3-6-18(7-4-16)31-25(34-19-8-9-19)20-14-17(5-10-21(20)30-31)24(33)29-23-15-27-22-2-1-13-28-32(22)23/h1-2,5,10,13-16,18-19H,3-4,6-9,11-12H2,(H,29,33). The Morgan fingerprint density at radius 2 is 2.00 bits per heavy atom. The van der Waals surface area contributed by atoms with Gasteiger partial charge >= 0.3 is 0 Å². The molecular weight excluding hydrogens is 543 g/mol. The highest BCUT2D eigenvalue weighted by Gasteiger charge is 2.31. The minimum absolute atomic E-state index is 0.209. The van der Waals surface area contributed by atoms with Gasteiger partial charge in [0.1, 0.15) is 6.10 Å². The zero-order valence-corrected chi connectivity index (χ0v) is 21.0. The maximum atomic E-state index is 13.1. The second kappa shape index (κ2) is 9.16. The van der Waals surface area contributed by atoms with Crippen molar-refractivity contribution in [2.75, 3.05) is 9.74 Å². The number of benzene rings is 1. The van der Waals surface area contributed by atoms with Crippen molar-refractivity contribution in [3.05, 3.63) is 48.3 Å². The molecule has 0 bridgehead atoms. The quantitative estimate of drug-likeness (QED) is 0.237. The molecule has 2 aliphatic rings. The topological polar surface area (TPSA) is 86.3 Å². The van der Waals surface area contributed by atoms with E-state index in [0.29, 0.717) is 23.1 Å². The number of ether oxygens (including phenoxy) is 1. The molecule has 2 fully saturated rings. The summed E-state index contributed by atoms with van der Waals surface area (Å²) in [6, 6.07) is 9.67. The Morgan fingerprint density at radius 3 is 2.79 bits per heavy atom. The minimum Gasteiger partial charge on any atom is -0.474 e. The average molecular weight is 570 g/mol. The highest BCUT2D eigenvalue weighted by atomic mass is 127. The first kappa shape index (κ1) is 21.8. The number of fused-ring (bicyclic) bond motifs is 2. The number of nitrogens with one attached hydrogen (secondary N) is 1. The molecule has 6 rings (SSSR count). The maximum Gasteiger partial charge on any atom is 0.256 e. The zero-order chi connectivity index (χ0) is 23.1. The highest BCUT2D eigenvalue weighted by molar-refractivity contribution is 14.1. The summed E-state index contributed by atoms with van der Waals surface area (Å²) in [5.41, 5.74) is 2.12. The molecule has 8 nitrogen and oxygen atoms in total. The van der Waals surface area contributed by atoms with Crippen LogP contribution in [0.15, 0.2) is 42.7 Å². The molecule has 34 heavy (non-hydrogen) atoms. The van der Waals surface area contributed by atoms with Gasteiger partial charge in [0.25, 0.3) is 5.91 Å². The third-order valence-corrected chi connectivity index (χ3v) is 7.54. The molecule has 0 atom stereocenters. The van der Waals surface area contributed by atoms with Crippen LogP contribution in [0.4, 0.5) is 5.82 Å². The number of carbonyl (C=O) groups excluding carboxylic acids is 1. The highest BCUT2D eigenvalue weighted by Crippen LogP contribution is 2.40. The van der Waals surface area contributed by atoms with Crippen molar-refractivity contribution in [3.63, 3.8) is 0 Å². The number of anilines is 1. The van der Waals surface area contributed by atoms with Gasteiger partial charge in [-0.05, 0) is 85.6 Å². The molecule has 2 saturated carbocycles. The Bertz CT molecular complexity index is 1340. The molecule has 3 heterocycles. The Morgan fingerprint density at radius 1 is 1.15 bits per heavy atom. The Hall–Kier alpha value is -2.69. The van der Waals surface area contributed by atoms with Gasteiger partial charge < -0.3 is 10.1 Å². The summed E-state index contributed by atoms with van der Waals surface area (Å²) in [4.78, 5) is 17.4. The molecule has 1 N–H and O–H groups in total. The smallest absolute Gasteiger partial charge is 0.256 e. The number of carbonyl (C=O) groups is 1. The molecule has 9 heteroatoms. The van der Waals surface area contributed by atoms with E-state index in [4.69, 9.17) is 9.84 Å². The van der Waals surface area contributed by atoms with Crippen LogP contribution < -0.4 is 10.1 Å². The van der Waals surface area contributed by atoms with Crippen molar-refractivity contribution in [1.29, 1.82) is 0 Å². The normalized spacial score (nSPS) is 20.6. The number of nitrogens with zero attached hydrogens (tertiary/aromatic N) is 5. The van der Waals surface area contributed by atoms with Gasteiger partial charge in [0, 0.05) is 11.8 Å². The first-order chi connectivity index (χ1) is 16.7. The van der Waals surface area contributed by atoms with Crippen molar-refractivity contribution >= 4 is 50.9 Å². The first-order valence-electron chi connectivity index (χ1n) is 12.0. The molecule has 0 unspecified atom stereocenters. The molecule has 4 aromatic rings. The summed E-state index contributed by atoms with van der Waals surface area (Å²) in [5.74, 6) is 1.98. The lowest BCUT2D eigenvalue weighted by Crippen LogP contribution is -2.20. The third-order valence-electron chi connectivity index (χ3n) is 6.91. The molecule has 1 aromatic carbocycles. The number of aromatic nitrogens is 5. The number of hydrogen-bond donors (Lipinski definition) is 1. The van der Waals surface area contributed by atoms with Gasteiger partial charge in [0.15, 0.2) is 11.5 Å². The van der Waals surface area contributed by atoms with Crippen LogP contribution in [0.25, 0.3) is 16.6 Å². The Kier molecular flexibility index (Phi) is 5.88. The van der Waals surface area contributed by atoms with Crippen molar-refractivity contribution < 1.29 is 9.53 Å². The molecule has 0 radical (unpaired) electrons. The molecule has 176 valence electrons. The predicted octanol–water partition coefficient (Wildman–Crippen LogP) is 5.43. The van der Waals surface area contributed by atoms with Gasteiger partial charge in [-0.1, -0.05) is 22.6 Å². The fourth-order valence-electron chi connectivity index (χ4n) is 4.86. The van der Waals surface area contributed by atoms with E-state index in [1.807, 2.05) is 30.3 Å². The van der Waals surface area contributed by atoms with Crippen LogP contribution in [-0.2, 0) is 0 Å². The fourth-order valence-corrected chi connectivity index (χ4v) is 5.75. The van der Waals surface area contributed by atoms with Gasteiger partial charge in [0.05, 0.1) is 23.1 Å². The van der Waals surface area contributed by atoms with E-state index >= 15 is 0 Å². The largest absolute Gasteiger partial charge is 0.474 e. The van der Waals surface area contributed by atoms with Gasteiger partial charge in [-0.25, -0.2) is 9.67 Å². The van der Waals surface area contributed by atoms with Gasteiger partial charge in [-0.15, -0.1) is 0 Å². The van der Waals surface area contributed by atoms with Gasteiger partial charge in [-0.2, -0.15) is 14.7 Å². The van der Waals surface area contributed by atoms with Crippen LogP contribution in [-0.4, -0.2) is 40.8 Å². The van der Waals surface area contributed by atoms with Crippen molar-refractivity contribution in [1.82, 2.24) is 24.4 Å². The number of halogens is 1. The summed E-state index contributed by atoms with van der Waals surface area (Å²) in [7, 11) is 0. The second-order valence-electron chi connectivity index (χ2n) is 9.34. The lowest BCUT2D eigenvalue weighted by Gasteiger charge is -2.29. The Balaban J connectivity index is 1.29. The van der Waals surface area contributed by atoms with Crippen molar-refractivity contribution in [2.24, 2.45) is 5.92 Å². The Labute approximate surface area is 211 Å². The molecule has 0 spiro atoms. The molecular formula is C25H27IN6O2. The zero-order valence-electron chi connectivity index (χ0n) is 18.9. The van der Waals surface area contributed by atoms with Crippen LogP contribution in [0, 0.1) is 5.92 Å². The second-order valence-corrected chi connectivity index (χ2v) is 10.4.